The Labute approximate surface area is 135 Å². The summed E-state index contributed by atoms with van der Waals surface area (Å²) < 4.78 is 7.31. The van der Waals surface area contributed by atoms with E-state index in [4.69, 9.17) is 4.74 Å². The maximum Gasteiger partial charge on any atom is 0.335 e. The van der Waals surface area contributed by atoms with Crippen LogP contribution in [0.25, 0.3) is 10.9 Å². The molecule has 2 rings (SSSR count). The zero-order valence-corrected chi connectivity index (χ0v) is 13.7. The predicted octanol–water partition coefficient (Wildman–Crippen LogP) is 3.68. The normalized spacial score (nSPS) is 10.9. The Kier molecular flexibility index (Phi) is 5.79. The zero-order valence-electron chi connectivity index (χ0n) is 13.7. The van der Waals surface area contributed by atoms with Crippen molar-refractivity contribution in [3.63, 3.8) is 0 Å². The Hall–Kier alpha value is -2.30. The number of ether oxygens (including phenoxy) is 1. The van der Waals surface area contributed by atoms with Crippen LogP contribution in [0.1, 0.15) is 49.9 Å². The number of aromatic carboxylic acids is 1. The first-order valence-corrected chi connectivity index (χ1v) is 8.12. The quantitative estimate of drug-likeness (QED) is 0.754. The Balaban J connectivity index is 2.54. The van der Waals surface area contributed by atoms with Crippen molar-refractivity contribution < 1.29 is 14.6 Å². The van der Waals surface area contributed by atoms with Crippen LogP contribution < -0.4 is 10.3 Å². The number of hydrogen-bond acceptors (Lipinski definition) is 3. The molecular weight excluding hydrogens is 294 g/mol. The number of aromatic nitrogens is 1. The molecule has 1 N–H and O–H groups in total. The fourth-order valence-electron chi connectivity index (χ4n) is 2.71. The van der Waals surface area contributed by atoms with E-state index in [9.17, 15) is 14.7 Å². The molecule has 0 amide bonds. The molecule has 0 radical (unpaired) electrons. The lowest BCUT2D eigenvalue weighted by Gasteiger charge is -2.15. The van der Waals surface area contributed by atoms with E-state index in [0.717, 1.165) is 25.7 Å². The van der Waals surface area contributed by atoms with Crippen LogP contribution in [0, 0.1) is 0 Å². The minimum atomic E-state index is -1.01. The smallest absolute Gasteiger partial charge is 0.335 e. The number of hydrogen-bond donors (Lipinski definition) is 1. The number of pyridine rings is 1. The van der Waals surface area contributed by atoms with Crippen LogP contribution >= 0.6 is 0 Å². The largest absolute Gasteiger partial charge is 0.492 e. The van der Waals surface area contributed by atoms with Gasteiger partial charge in [-0.25, -0.2) is 4.79 Å². The van der Waals surface area contributed by atoms with E-state index < -0.39 is 5.97 Å². The van der Waals surface area contributed by atoms with Crippen LogP contribution in [0.3, 0.4) is 0 Å². The van der Waals surface area contributed by atoms with Gasteiger partial charge in [0.1, 0.15) is 5.75 Å². The first kappa shape index (κ1) is 17.1. The molecule has 0 fully saturated rings. The molecule has 23 heavy (non-hydrogen) atoms. The van der Waals surface area contributed by atoms with Crippen LogP contribution in [0.15, 0.2) is 29.1 Å². The summed E-state index contributed by atoms with van der Waals surface area (Å²) in [7, 11) is 0. The molecule has 0 saturated carbocycles. The second kappa shape index (κ2) is 7.81. The summed E-state index contributed by atoms with van der Waals surface area (Å²) in [4.78, 5) is 23.5. The van der Waals surface area contributed by atoms with E-state index in [1.165, 1.54) is 12.1 Å². The monoisotopic (exact) mass is 317 g/mol. The molecule has 1 heterocycles. The van der Waals surface area contributed by atoms with E-state index in [1.54, 1.807) is 16.7 Å². The number of carboxylic acid groups (broad SMARTS) is 1. The molecule has 0 bridgehead atoms. The molecule has 124 valence electrons. The molecule has 1 aromatic heterocycles. The number of benzene rings is 1. The first-order chi connectivity index (χ1) is 11.1. The molecule has 0 aliphatic heterocycles. The van der Waals surface area contributed by atoms with E-state index in [2.05, 4.69) is 6.92 Å². The van der Waals surface area contributed by atoms with Crippen molar-refractivity contribution in [3.05, 3.63) is 40.2 Å². The number of carbonyl (C=O) groups is 1. The highest BCUT2D eigenvalue weighted by Crippen LogP contribution is 2.27. The van der Waals surface area contributed by atoms with Crippen LogP contribution in [0.2, 0.25) is 0 Å². The molecule has 0 aliphatic carbocycles. The molecule has 5 heteroatoms. The number of aryl methyl sites for hydroxylation is 1. The van der Waals surface area contributed by atoms with Crippen molar-refractivity contribution >= 4 is 16.9 Å². The highest BCUT2D eigenvalue weighted by molar-refractivity contribution is 5.96. The molecule has 1 aromatic carbocycles. The minimum Gasteiger partial charge on any atom is -0.492 e. The SMILES string of the molecule is CCCCCCn1c(=O)ccc2cc(C(=O)O)cc(OCC)c21. The molecule has 0 aliphatic rings. The van der Waals surface area contributed by atoms with Gasteiger partial charge >= 0.3 is 5.97 Å². The first-order valence-electron chi connectivity index (χ1n) is 8.12. The fraction of sp³-hybridized carbons (Fsp3) is 0.444. The summed E-state index contributed by atoms with van der Waals surface area (Å²) in [6.07, 6.45) is 4.26. The van der Waals surface area contributed by atoms with Crippen molar-refractivity contribution in [2.24, 2.45) is 0 Å². The van der Waals surface area contributed by atoms with Gasteiger partial charge in [0.2, 0.25) is 0 Å². The highest BCUT2D eigenvalue weighted by atomic mass is 16.5. The summed E-state index contributed by atoms with van der Waals surface area (Å²) in [6, 6.07) is 6.23. The lowest BCUT2D eigenvalue weighted by molar-refractivity contribution is 0.0696. The fourth-order valence-corrected chi connectivity index (χ4v) is 2.71. The van der Waals surface area contributed by atoms with Gasteiger partial charge in [0, 0.05) is 18.0 Å². The number of rotatable bonds is 8. The number of nitrogens with zero attached hydrogens (tertiary/aromatic N) is 1. The average Bonchev–Trinajstić information content (AvgIpc) is 2.53. The van der Waals surface area contributed by atoms with Crippen molar-refractivity contribution in [1.82, 2.24) is 4.57 Å². The van der Waals surface area contributed by atoms with Gasteiger partial charge in [-0.05, 0) is 31.5 Å². The van der Waals surface area contributed by atoms with E-state index in [1.807, 2.05) is 6.92 Å². The van der Waals surface area contributed by atoms with Gasteiger partial charge in [-0.1, -0.05) is 26.2 Å². The zero-order chi connectivity index (χ0) is 16.8. The van der Waals surface area contributed by atoms with Crippen LogP contribution in [0.5, 0.6) is 5.75 Å². The number of carboxylic acids is 1. The standard InChI is InChI=1S/C18H23NO4/c1-3-5-6-7-10-19-16(20)9-8-13-11-14(18(21)22)12-15(17(13)19)23-4-2/h8-9,11-12H,3-7,10H2,1-2H3,(H,21,22). The minimum absolute atomic E-state index is 0.0852. The van der Waals surface area contributed by atoms with Gasteiger partial charge in [-0.15, -0.1) is 0 Å². The third-order valence-electron chi connectivity index (χ3n) is 3.83. The van der Waals surface area contributed by atoms with Crippen molar-refractivity contribution in [2.45, 2.75) is 46.1 Å². The predicted molar refractivity (Wildman–Crippen MR) is 90.5 cm³/mol. The van der Waals surface area contributed by atoms with Gasteiger partial charge in [0.05, 0.1) is 17.7 Å². The second-order valence-electron chi connectivity index (χ2n) is 5.53. The summed E-state index contributed by atoms with van der Waals surface area (Å²) in [6.45, 7) is 5.01. The van der Waals surface area contributed by atoms with Gasteiger partial charge < -0.3 is 14.4 Å². The summed E-state index contributed by atoms with van der Waals surface area (Å²) in [5.41, 5.74) is 0.760. The third-order valence-corrected chi connectivity index (χ3v) is 3.83. The van der Waals surface area contributed by atoms with Gasteiger partial charge in [0.15, 0.2) is 0 Å². The Morgan fingerprint density at radius 2 is 1.96 bits per heavy atom. The number of fused-ring (bicyclic) bond motifs is 1. The van der Waals surface area contributed by atoms with Crippen molar-refractivity contribution in [1.29, 1.82) is 0 Å². The van der Waals surface area contributed by atoms with Crippen molar-refractivity contribution in [3.8, 4) is 5.75 Å². The van der Waals surface area contributed by atoms with E-state index in [-0.39, 0.29) is 11.1 Å². The molecule has 5 nitrogen and oxygen atoms in total. The van der Waals surface area contributed by atoms with Crippen LogP contribution in [0.4, 0.5) is 0 Å². The molecule has 0 atom stereocenters. The van der Waals surface area contributed by atoms with Gasteiger partial charge in [0.25, 0.3) is 5.56 Å². The van der Waals surface area contributed by atoms with E-state index in [0.29, 0.717) is 29.8 Å². The van der Waals surface area contributed by atoms with Crippen molar-refractivity contribution in [2.75, 3.05) is 6.61 Å². The molecular formula is C18H23NO4. The topological polar surface area (TPSA) is 68.5 Å². The molecule has 0 saturated heterocycles. The molecule has 2 aromatic rings. The lowest BCUT2D eigenvalue weighted by atomic mass is 10.1. The summed E-state index contributed by atoms with van der Waals surface area (Å²) >= 11 is 0. The van der Waals surface area contributed by atoms with Gasteiger partial charge in [-0.2, -0.15) is 0 Å². The summed E-state index contributed by atoms with van der Waals surface area (Å²) in [5, 5.41) is 9.95. The Bertz CT molecular complexity index is 749. The number of unbranched alkanes of at least 4 members (excludes halogenated alkanes) is 3. The van der Waals surface area contributed by atoms with Gasteiger partial charge in [-0.3, -0.25) is 4.79 Å². The maximum atomic E-state index is 12.3. The average molecular weight is 317 g/mol. The van der Waals surface area contributed by atoms with Crippen LogP contribution in [-0.4, -0.2) is 22.2 Å². The second-order valence-corrected chi connectivity index (χ2v) is 5.53. The summed E-state index contributed by atoms with van der Waals surface area (Å²) in [5.74, 6) is -0.552. The molecule has 0 spiro atoms. The third kappa shape index (κ3) is 3.92. The highest BCUT2D eigenvalue weighted by Gasteiger charge is 2.14. The van der Waals surface area contributed by atoms with E-state index >= 15 is 0 Å². The van der Waals surface area contributed by atoms with Crippen LogP contribution in [-0.2, 0) is 6.54 Å². The maximum absolute atomic E-state index is 12.3. The molecule has 0 unspecified atom stereocenters. The Morgan fingerprint density at radius 1 is 1.17 bits per heavy atom. The Morgan fingerprint density at radius 3 is 2.61 bits per heavy atom. The lowest BCUT2D eigenvalue weighted by Crippen LogP contribution is -2.20.